The topological polar surface area (TPSA) is 45.1 Å². The summed E-state index contributed by atoms with van der Waals surface area (Å²) in [6, 6.07) is 24.8. The fourth-order valence-electron chi connectivity index (χ4n) is 6.35. The number of carbonyl (C=O) groups excluding carboxylic acids is 2. The van der Waals surface area contributed by atoms with E-state index in [1.54, 1.807) is 4.90 Å². The number of quaternary nitrogens is 1. The zero-order valence-corrected chi connectivity index (χ0v) is 24.1. The minimum Gasteiger partial charge on any atom is -0.330 e. The normalized spacial score (nSPS) is 19.6. The summed E-state index contributed by atoms with van der Waals surface area (Å²) in [6.07, 6.45) is 8.75. The molecule has 1 aliphatic carbocycles. The summed E-state index contributed by atoms with van der Waals surface area (Å²) in [6.45, 7) is 6.39. The lowest BCUT2D eigenvalue weighted by Gasteiger charge is -2.38. The third-order valence-electron chi connectivity index (χ3n) is 8.75. The number of para-hydroxylation sites is 1. The summed E-state index contributed by atoms with van der Waals surface area (Å²) in [5.74, 6) is 0.119. The Morgan fingerprint density at radius 1 is 0.925 bits per heavy atom. The van der Waals surface area contributed by atoms with Gasteiger partial charge in [0, 0.05) is 10.5 Å². The molecule has 1 saturated carbocycles. The van der Waals surface area contributed by atoms with Crippen molar-refractivity contribution in [1.82, 2.24) is 4.90 Å². The van der Waals surface area contributed by atoms with Crippen LogP contribution in [0.2, 0.25) is 0 Å². The molecule has 1 N–H and O–H groups in total. The molecule has 1 saturated heterocycles. The van der Waals surface area contributed by atoms with Crippen LogP contribution in [0.25, 0.3) is 6.08 Å². The van der Waals surface area contributed by atoms with E-state index in [-0.39, 0.29) is 11.8 Å². The lowest BCUT2D eigenvalue weighted by molar-refractivity contribution is -0.930. The van der Waals surface area contributed by atoms with Crippen LogP contribution in [0.5, 0.6) is 0 Å². The van der Waals surface area contributed by atoms with Crippen molar-refractivity contribution >= 4 is 35.3 Å². The molecule has 2 amide bonds. The van der Waals surface area contributed by atoms with Crippen molar-refractivity contribution in [3.05, 3.63) is 100.0 Å². The van der Waals surface area contributed by atoms with Crippen LogP contribution >= 0.6 is 11.8 Å². The van der Waals surface area contributed by atoms with Gasteiger partial charge in [-0.3, -0.25) is 9.59 Å². The number of aryl methyl sites for hydroxylation is 1. The molecule has 2 aliphatic heterocycles. The molecule has 0 unspecified atom stereocenters. The van der Waals surface area contributed by atoms with Gasteiger partial charge in [-0.25, -0.2) is 0 Å². The maximum Gasteiger partial charge on any atom is 0.265 e. The first kappa shape index (κ1) is 26.9. The first-order chi connectivity index (χ1) is 19.6. The number of thioether (sulfide) groups is 1. The molecule has 5 nitrogen and oxygen atoms in total. The van der Waals surface area contributed by atoms with Crippen molar-refractivity contribution in [1.29, 1.82) is 0 Å². The summed E-state index contributed by atoms with van der Waals surface area (Å²) in [5, 5.41) is 0. The zero-order valence-electron chi connectivity index (χ0n) is 23.3. The number of anilines is 1. The molecule has 40 heavy (non-hydrogen) atoms. The molecule has 0 radical (unpaired) electrons. The van der Waals surface area contributed by atoms with E-state index in [0.717, 1.165) is 59.5 Å². The number of nitrogens with one attached hydrogen (secondary N) is 1. The van der Waals surface area contributed by atoms with Gasteiger partial charge in [0.15, 0.2) is 0 Å². The van der Waals surface area contributed by atoms with Gasteiger partial charge in [0.25, 0.3) is 11.8 Å². The molecule has 3 aromatic carbocycles. The highest BCUT2D eigenvalue weighted by Gasteiger charge is 2.31. The van der Waals surface area contributed by atoms with Crippen molar-refractivity contribution in [2.45, 2.75) is 56.5 Å². The Bertz CT molecular complexity index is 1400. The van der Waals surface area contributed by atoms with E-state index in [1.807, 2.05) is 70.5 Å². The van der Waals surface area contributed by atoms with Crippen LogP contribution < -0.4 is 9.80 Å². The highest BCUT2D eigenvalue weighted by atomic mass is 32.2. The van der Waals surface area contributed by atoms with Crippen LogP contribution in [0.3, 0.4) is 0 Å². The number of hydrogen-bond donors (Lipinski definition) is 1. The molecular weight excluding hydrogens is 514 g/mol. The molecule has 0 aromatic heterocycles. The van der Waals surface area contributed by atoms with Gasteiger partial charge >= 0.3 is 0 Å². The molecular formula is C34H38N3O2S+. The molecule has 3 aromatic rings. The van der Waals surface area contributed by atoms with Gasteiger partial charge in [-0.05, 0) is 79.6 Å². The first-order valence-electron chi connectivity index (χ1n) is 14.7. The summed E-state index contributed by atoms with van der Waals surface area (Å²) in [5.41, 5.74) is 4.91. The molecule has 2 heterocycles. The maximum atomic E-state index is 13.7. The fraction of sp³-hybridized carbons (Fsp3) is 0.353. The first-order valence-corrected chi connectivity index (χ1v) is 15.5. The summed E-state index contributed by atoms with van der Waals surface area (Å²) in [7, 11) is 0. The Morgan fingerprint density at radius 2 is 1.62 bits per heavy atom. The van der Waals surface area contributed by atoms with Crippen molar-refractivity contribution in [2.24, 2.45) is 0 Å². The summed E-state index contributed by atoms with van der Waals surface area (Å²) >= 11 is 1.52. The highest BCUT2D eigenvalue weighted by molar-refractivity contribution is 8.04. The maximum absolute atomic E-state index is 13.7. The minimum atomic E-state index is 0.00504. The third-order valence-corrected chi connectivity index (χ3v) is 9.83. The lowest BCUT2D eigenvalue weighted by atomic mass is 9.94. The second-order valence-electron chi connectivity index (χ2n) is 11.3. The largest absolute Gasteiger partial charge is 0.330 e. The Hall–Kier alpha value is -3.35. The second kappa shape index (κ2) is 12.0. The molecule has 0 atom stereocenters. The Labute approximate surface area is 241 Å². The Balaban J connectivity index is 1.15. The van der Waals surface area contributed by atoms with Gasteiger partial charge < -0.3 is 14.7 Å². The van der Waals surface area contributed by atoms with E-state index in [9.17, 15) is 9.59 Å². The lowest BCUT2D eigenvalue weighted by Crippen LogP contribution is -3.18. The van der Waals surface area contributed by atoms with Crippen molar-refractivity contribution in [2.75, 3.05) is 31.1 Å². The van der Waals surface area contributed by atoms with E-state index in [1.165, 1.54) is 49.4 Å². The van der Waals surface area contributed by atoms with Crippen LogP contribution in [-0.2, 0) is 11.3 Å². The van der Waals surface area contributed by atoms with Crippen LogP contribution in [0.4, 0.5) is 5.69 Å². The van der Waals surface area contributed by atoms with Crippen molar-refractivity contribution in [3.63, 3.8) is 0 Å². The number of rotatable bonds is 5. The fourth-order valence-corrected chi connectivity index (χ4v) is 7.41. The van der Waals surface area contributed by atoms with E-state index >= 15 is 0 Å². The zero-order chi connectivity index (χ0) is 27.5. The van der Waals surface area contributed by atoms with Crippen LogP contribution in [0.1, 0.15) is 59.2 Å². The predicted molar refractivity (Wildman–Crippen MR) is 163 cm³/mol. The molecule has 6 heteroatoms. The van der Waals surface area contributed by atoms with Gasteiger partial charge in [0.2, 0.25) is 0 Å². The number of amides is 2. The summed E-state index contributed by atoms with van der Waals surface area (Å²) in [4.78, 5) is 34.3. The minimum absolute atomic E-state index is 0.00504. The monoisotopic (exact) mass is 552 g/mol. The number of carbonyl (C=O) groups is 2. The number of nitrogens with zero attached hydrogens (tertiary/aromatic N) is 2. The van der Waals surface area contributed by atoms with E-state index < -0.39 is 0 Å². The Kier molecular flexibility index (Phi) is 8.08. The van der Waals surface area contributed by atoms with Gasteiger partial charge in [0.05, 0.1) is 49.4 Å². The Morgan fingerprint density at radius 3 is 2.38 bits per heavy atom. The number of fused-ring (bicyclic) bond motifs is 1. The molecule has 3 aliphatic rings. The molecule has 0 bridgehead atoms. The van der Waals surface area contributed by atoms with Crippen LogP contribution in [-0.4, -0.2) is 48.9 Å². The van der Waals surface area contributed by atoms with E-state index in [2.05, 4.69) is 25.1 Å². The molecule has 6 rings (SSSR count). The van der Waals surface area contributed by atoms with Gasteiger partial charge in [0.1, 0.15) is 0 Å². The molecule has 206 valence electrons. The standard InChI is InChI=1S/C34H37N3O2S/c1-25-9-5-6-10-28(25)24-37-30-13-7-8-14-31(30)40-32(34(37)39)23-26-15-17-27(18-16-26)33(38)36-21-19-35(20-22-36)29-11-3-2-4-12-29/h5-10,13-18,23,29H,2-4,11-12,19-22,24H2,1H3/p+1. The van der Waals surface area contributed by atoms with Crippen LogP contribution in [0, 0.1) is 6.92 Å². The smallest absolute Gasteiger partial charge is 0.265 e. The summed E-state index contributed by atoms with van der Waals surface area (Å²) < 4.78 is 0. The van der Waals surface area contributed by atoms with Crippen LogP contribution in [0.15, 0.2) is 82.6 Å². The van der Waals surface area contributed by atoms with E-state index in [4.69, 9.17) is 0 Å². The highest BCUT2D eigenvalue weighted by Crippen LogP contribution is 2.42. The van der Waals surface area contributed by atoms with E-state index in [0.29, 0.717) is 11.4 Å². The van der Waals surface area contributed by atoms with Crippen molar-refractivity contribution in [3.8, 4) is 0 Å². The average Bonchev–Trinajstić information content (AvgIpc) is 3.01. The van der Waals surface area contributed by atoms with Gasteiger partial charge in [-0.2, -0.15) is 0 Å². The molecule has 0 spiro atoms. The SMILES string of the molecule is Cc1ccccc1CN1C(=O)C(=Cc2ccc(C(=O)N3CC[NH+](C4CCCCC4)CC3)cc2)Sc2ccccc21. The predicted octanol–water partition coefficient (Wildman–Crippen LogP) is 5.35. The number of benzene rings is 3. The van der Waals surface area contributed by atoms with Gasteiger partial charge in [-0.15, -0.1) is 0 Å². The number of hydrogen-bond acceptors (Lipinski definition) is 3. The second-order valence-corrected chi connectivity index (χ2v) is 12.4. The van der Waals surface area contributed by atoms with Gasteiger partial charge in [-0.1, -0.05) is 66.7 Å². The quantitative estimate of drug-likeness (QED) is 0.434. The van der Waals surface area contributed by atoms with Crippen molar-refractivity contribution < 1.29 is 14.5 Å². The average molecular weight is 553 g/mol. The third kappa shape index (κ3) is 5.74. The molecule has 2 fully saturated rings. The number of piperazine rings is 1.